The van der Waals surface area contributed by atoms with Gasteiger partial charge < -0.3 is 0 Å². The number of aryl methyl sites for hydroxylation is 2. The van der Waals surface area contributed by atoms with Gasteiger partial charge in [0.25, 0.3) is 0 Å². The van der Waals surface area contributed by atoms with E-state index in [0.29, 0.717) is 0 Å². The summed E-state index contributed by atoms with van der Waals surface area (Å²) in [6.45, 7) is 2.28. The molecule has 0 saturated carbocycles. The molecule has 0 nitrogen and oxygen atoms in total. The zero-order valence-corrected chi connectivity index (χ0v) is 15.2. The molecule has 0 heteroatoms. The summed E-state index contributed by atoms with van der Waals surface area (Å²) in [6, 6.07) is 21.8. The topological polar surface area (TPSA) is 0 Å². The Hall–Kier alpha value is -1.82. The number of hydrogen-bond acceptors (Lipinski definition) is 0. The first-order valence-corrected chi connectivity index (χ1v) is 9.64. The SMILES string of the molecule is CCCCCCC=C(CCc1ccccc1)CCc1ccccc1. The highest BCUT2D eigenvalue weighted by Crippen LogP contribution is 2.17. The summed E-state index contributed by atoms with van der Waals surface area (Å²) in [6.07, 6.45) is 13.9. The highest BCUT2D eigenvalue weighted by atomic mass is 14.1. The van der Waals surface area contributed by atoms with Crippen LogP contribution in [0.1, 0.15) is 63.0 Å². The molecule has 0 aromatic heterocycles. The summed E-state index contributed by atoms with van der Waals surface area (Å²) < 4.78 is 0. The first-order valence-electron chi connectivity index (χ1n) is 9.64. The van der Waals surface area contributed by atoms with Crippen LogP contribution in [0.25, 0.3) is 0 Å². The standard InChI is InChI=1S/C24H32/c1-2-3-4-5-8-17-24(20-18-22-13-9-6-10-14-22)21-19-23-15-11-7-12-16-23/h6-7,9-17H,2-5,8,18-21H2,1H3. The molecule has 0 fully saturated rings. The second kappa shape index (κ2) is 11.7. The van der Waals surface area contributed by atoms with Gasteiger partial charge in [0.05, 0.1) is 0 Å². The van der Waals surface area contributed by atoms with Crippen molar-refractivity contribution in [1.82, 2.24) is 0 Å². The second-order valence-electron chi connectivity index (χ2n) is 6.68. The Balaban J connectivity index is 1.86. The highest BCUT2D eigenvalue weighted by Gasteiger charge is 2.01. The van der Waals surface area contributed by atoms with E-state index in [1.54, 1.807) is 5.57 Å². The average Bonchev–Trinajstić information content (AvgIpc) is 2.65. The van der Waals surface area contributed by atoms with E-state index in [-0.39, 0.29) is 0 Å². The van der Waals surface area contributed by atoms with E-state index in [4.69, 9.17) is 0 Å². The molecule has 0 saturated heterocycles. The third-order valence-electron chi connectivity index (χ3n) is 4.65. The summed E-state index contributed by atoms with van der Waals surface area (Å²) >= 11 is 0. The van der Waals surface area contributed by atoms with Crippen molar-refractivity contribution in [3.63, 3.8) is 0 Å². The minimum Gasteiger partial charge on any atom is -0.0853 e. The molecule has 0 aliphatic rings. The Morgan fingerprint density at radius 3 is 1.75 bits per heavy atom. The fourth-order valence-corrected chi connectivity index (χ4v) is 3.11. The molecule has 0 heterocycles. The van der Waals surface area contributed by atoms with Crippen molar-refractivity contribution >= 4 is 0 Å². The van der Waals surface area contributed by atoms with E-state index in [0.717, 1.165) is 12.8 Å². The minimum absolute atomic E-state index is 1.16. The lowest BCUT2D eigenvalue weighted by Gasteiger charge is -2.09. The van der Waals surface area contributed by atoms with Crippen LogP contribution >= 0.6 is 0 Å². The molecule has 0 bridgehead atoms. The van der Waals surface area contributed by atoms with Crippen LogP contribution in [0.5, 0.6) is 0 Å². The maximum absolute atomic E-state index is 2.53. The van der Waals surface area contributed by atoms with Crippen LogP contribution < -0.4 is 0 Å². The third-order valence-corrected chi connectivity index (χ3v) is 4.65. The predicted molar refractivity (Wildman–Crippen MR) is 106 cm³/mol. The van der Waals surface area contributed by atoms with Gasteiger partial charge in [0, 0.05) is 0 Å². The van der Waals surface area contributed by atoms with E-state index < -0.39 is 0 Å². The molecule has 2 aromatic carbocycles. The highest BCUT2D eigenvalue weighted by molar-refractivity contribution is 5.19. The summed E-state index contributed by atoms with van der Waals surface area (Å²) in [7, 11) is 0. The number of allylic oxidation sites excluding steroid dienone is 2. The molecule has 0 aliphatic heterocycles. The van der Waals surface area contributed by atoms with E-state index in [2.05, 4.69) is 73.7 Å². The lowest BCUT2D eigenvalue weighted by molar-refractivity contribution is 0.670. The van der Waals surface area contributed by atoms with Crippen molar-refractivity contribution in [2.45, 2.75) is 64.7 Å². The quantitative estimate of drug-likeness (QED) is 0.304. The van der Waals surface area contributed by atoms with Crippen LogP contribution in [0.4, 0.5) is 0 Å². The van der Waals surface area contributed by atoms with Gasteiger partial charge in [-0.3, -0.25) is 0 Å². The average molecular weight is 321 g/mol. The van der Waals surface area contributed by atoms with E-state index in [1.807, 2.05) is 0 Å². The molecule has 24 heavy (non-hydrogen) atoms. The zero-order valence-electron chi connectivity index (χ0n) is 15.2. The monoisotopic (exact) mass is 320 g/mol. The van der Waals surface area contributed by atoms with Crippen molar-refractivity contribution < 1.29 is 0 Å². The molecular formula is C24H32. The van der Waals surface area contributed by atoms with Gasteiger partial charge in [-0.15, -0.1) is 0 Å². The van der Waals surface area contributed by atoms with Crippen molar-refractivity contribution in [1.29, 1.82) is 0 Å². The van der Waals surface area contributed by atoms with Crippen LogP contribution in [0.2, 0.25) is 0 Å². The summed E-state index contributed by atoms with van der Waals surface area (Å²) in [5.41, 5.74) is 4.54. The number of hydrogen-bond donors (Lipinski definition) is 0. The first-order chi connectivity index (χ1) is 11.9. The Morgan fingerprint density at radius 1 is 0.708 bits per heavy atom. The second-order valence-corrected chi connectivity index (χ2v) is 6.68. The van der Waals surface area contributed by atoms with Gasteiger partial charge in [-0.2, -0.15) is 0 Å². The Labute approximate surface area is 148 Å². The number of unbranched alkanes of at least 4 members (excludes halogenated alkanes) is 4. The Kier molecular flexibility index (Phi) is 9.01. The maximum atomic E-state index is 2.53. The van der Waals surface area contributed by atoms with Gasteiger partial charge in [-0.05, 0) is 49.7 Å². The zero-order chi connectivity index (χ0) is 16.9. The molecule has 0 radical (unpaired) electrons. The molecule has 0 unspecified atom stereocenters. The van der Waals surface area contributed by atoms with Crippen LogP contribution in [0.15, 0.2) is 72.3 Å². The van der Waals surface area contributed by atoms with Gasteiger partial charge in [-0.1, -0.05) is 98.5 Å². The normalized spacial score (nSPS) is 10.5. The molecule has 0 N–H and O–H groups in total. The largest absolute Gasteiger partial charge is 0.0853 e. The molecule has 0 spiro atoms. The number of rotatable bonds is 11. The van der Waals surface area contributed by atoms with Crippen molar-refractivity contribution in [3.05, 3.63) is 83.4 Å². The first kappa shape index (κ1) is 18.5. The molecule has 0 atom stereocenters. The van der Waals surface area contributed by atoms with Crippen LogP contribution in [-0.2, 0) is 12.8 Å². The fourth-order valence-electron chi connectivity index (χ4n) is 3.11. The van der Waals surface area contributed by atoms with E-state index >= 15 is 0 Å². The fraction of sp³-hybridized carbons (Fsp3) is 0.417. The van der Waals surface area contributed by atoms with E-state index in [1.165, 1.54) is 56.1 Å². The minimum atomic E-state index is 1.16. The van der Waals surface area contributed by atoms with Crippen LogP contribution in [0.3, 0.4) is 0 Å². The molecule has 0 amide bonds. The summed E-state index contributed by atoms with van der Waals surface area (Å²) in [5, 5.41) is 0. The van der Waals surface area contributed by atoms with Crippen LogP contribution in [0, 0.1) is 0 Å². The molecule has 2 rings (SSSR count). The van der Waals surface area contributed by atoms with Gasteiger partial charge in [0.2, 0.25) is 0 Å². The van der Waals surface area contributed by atoms with Gasteiger partial charge >= 0.3 is 0 Å². The smallest absolute Gasteiger partial charge is 0.0241 e. The summed E-state index contributed by atoms with van der Waals surface area (Å²) in [4.78, 5) is 0. The van der Waals surface area contributed by atoms with Gasteiger partial charge in [0.15, 0.2) is 0 Å². The number of benzene rings is 2. The molecule has 0 aliphatic carbocycles. The maximum Gasteiger partial charge on any atom is -0.0241 e. The predicted octanol–water partition coefficient (Wildman–Crippen LogP) is 7.15. The lowest BCUT2D eigenvalue weighted by Crippen LogP contribution is -1.94. The molecule has 2 aromatic rings. The van der Waals surface area contributed by atoms with E-state index in [9.17, 15) is 0 Å². The Bertz CT molecular complexity index is 520. The Morgan fingerprint density at radius 2 is 1.25 bits per heavy atom. The lowest BCUT2D eigenvalue weighted by atomic mass is 9.97. The molecule has 128 valence electrons. The van der Waals surface area contributed by atoms with Crippen molar-refractivity contribution in [2.24, 2.45) is 0 Å². The van der Waals surface area contributed by atoms with Crippen molar-refractivity contribution in [3.8, 4) is 0 Å². The summed E-state index contributed by atoms with van der Waals surface area (Å²) in [5.74, 6) is 0. The third kappa shape index (κ3) is 7.64. The molecular weight excluding hydrogens is 288 g/mol. The van der Waals surface area contributed by atoms with Gasteiger partial charge in [-0.25, -0.2) is 0 Å². The van der Waals surface area contributed by atoms with Gasteiger partial charge in [0.1, 0.15) is 0 Å². The van der Waals surface area contributed by atoms with Crippen molar-refractivity contribution in [2.75, 3.05) is 0 Å². The van der Waals surface area contributed by atoms with Crippen LogP contribution in [-0.4, -0.2) is 0 Å².